The number of aryl methyl sites for hydroxylation is 1. The molecule has 0 aliphatic carbocycles. The molecule has 1 atom stereocenters. The molecule has 0 spiro atoms. The average Bonchev–Trinajstić information content (AvgIpc) is 2.94. The first-order valence-corrected chi connectivity index (χ1v) is 7.90. The Hall–Kier alpha value is -2.56. The molecule has 0 unspecified atom stereocenters. The highest BCUT2D eigenvalue weighted by Gasteiger charge is 2.22. The summed E-state index contributed by atoms with van der Waals surface area (Å²) < 4.78 is 5.20. The highest BCUT2D eigenvalue weighted by Crippen LogP contribution is 2.28. The molecule has 0 saturated carbocycles. The molecule has 23 heavy (non-hydrogen) atoms. The highest BCUT2D eigenvalue weighted by atomic mass is 16.6. The Morgan fingerprint density at radius 3 is 2.78 bits per heavy atom. The zero-order valence-corrected chi connectivity index (χ0v) is 13.5. The summed E-state index contributed by atoms with van der Waals surface area (Å²) in [5, 5.41) is 2.67. The summed E-state index contributed by atoms with van der Waals surface area (Å²) in [5.74, 6) is 1.00. The number of aromatic nitrogens is 1. The van der Waals surface area contributed by atoms with Crippen molar-refractivity contribution in [2.75, 3.05) is 16.8 Å². The zero-order valence-electron chi connectivity index (χ0n) is 13.5. The monoisotopic (exact) mass is 311 g/mol. The Morgan fingerprint density at radius 1 is 1.35 bits per heavy atom. The second-order valence-electron chi connectivity index (χ2n) is 5.87. The van der Waals surface area contributed by atoms with Crippen molar-refractivity contribution in [2.24, 2.45) is 0 Å². The van der Waals surface area contributed by atoms with Crippen LogP contribution in [0.15, 0.2) is 42.6 Å². The first kappa shape index (κ1) is 15.3. The third-order valence-corrected chi connectivity index (χ3v) is 4.13. The lowest BCUT2D eigenvalue weighted by Gasteiger charge is -2.25. The van der Waals surface area contributed by atoms with Crippen LogP contribution in [0.4, 0.5) is 16.3 Å². The van der Waals surface area contributed by atoms with Gasteiger partial charge in [-0.1, -0.05) is 18.2 Å². The molecule has 5 heteroatoms. The van der Waals surface area contributed by atoms with E-state index in [0.29, 0.717) is 17.6 Å². The Bertz CT molecular complexity index is 688. The molecule has 1 aromatic carbocycles. The Kier molecular flexibility index (Phi) is 4.46. The minimum atomic E-state index is -0.537. The van der Waals surface area contributed by atoms with E-state index < -0.39 is 6.09 Å². The van der Waals surface area contributed by atoms with E-state index in [1.165, 1.54) is 12.8 Å². The van der Waals surface area contributed by atoms with Gasteiger partial charge in [0, 0.05) is 12.6 Å². The molecule has 1 aliphatic heterocycles. The molecule has 2 heterocycles. The molecule has 5 nitrogen and oxygen atoms in total. The highest BCUT2D eigenvalue weighted by molar-refractivity contribution is 5.85. The number of nitrogens with one attached hydrogen (secondary N) is 1. The maximum Gasteiger partial charge on any atom is 0.418 e. The Balaban J connectivity index is 1.67. The van der Waals surface area contributed by atoms with Crippen molar-refractivity contribution in [3.8, 4) is 5.75 Å². The van der Waals surface area contributed by atoms with Crippen LogP contribution in [0.1, 0.15) is 25.3 Å². The largest absolute Gasteiger partial charge is 0.418 e. The van der Waals surface area contributed by atoms with Crippen molar-refractivity contribution in [1.82, 2.24) is 4.98 Å². The fraction of sp³-hybridized carbons (Fsp3) is 0.333. The lowest BCUT2D eigenvalue weighted by atomic mass is 10.2. The molecule has 0 radical (unpaired) electrons. The van der Waals surface area contributed by atoms with Crippen LogP contribution >= 0.6 is 0 Å². The molecule has 1 fully saturated rings. The first-order chi connectivity index (χ1) is 11.1. The summed E-state index contributed by atoms with van der Waals surface area (Å²) in [6.45, 7) is 5.33. The van der Waals surface area contributed by atoms with Gasteiger partial charge < -0.3 is 9.64 Å². The number of anilines is 2. The number of nitrogens with zero attached hydrogens (tertiary/aromatic N) is 2. The molecule has 2 aromatic rings. The molecular weight excluding hydrogens is 290 g/mol. The van der Waals surface area contributed by atoms with Crippen molar-refractivity contribution in [3.63, 3.8) is 0 Å². The van der Waals surface area contributed by atoms with Gasteiger partial charge in [-0.2, -0.15) is 0 Å². The van der Waals surface area contributed by atoms with Gasteiger partial charge in [0.05, 0.1) is 11.9 Å². The predicted molar refractivity (Wildman–Crippen MR) is 91.1 cm³/mol. The fourth-order valence-corrected chi connectivity index (χ4v) is 2.93. The van der Waals surface area contributed by atoms with Crippen molar-refractivity contribution in [1.29, 1.82) is 0 Å². The number of rotatable bonds is 3. The second kappa shape index (κ2) is 6.69. The van der Waals surface area contributed by atoms with Crippen LogP contribution in [0.25, 0.3) is 0 Å². The number of hydrogen-bond acceptors (Lipinski definition) is 4. The van der Waals surface area contributed by atoms with Crippen molar-refractivity contribution >= 4 is 17.6 Å². The number of amides is 1. The van der Waals surface area contributed by atoms with Gasteiger partial charge in [-0.25, -0.2) is 9.78 Å². The summed E-state index contributed by atoms with van der Waals surface area (Å²) in [4.78, 5) is 18.6. The minimum Gasteiger partial charge on any atom is -0.410 e. The zero-order chi connectivity index (χ0) is 16.2. The molecule has 0 bridgehead atoms. The molecule has 1 aliphatic rings. The van der Waals surface area contributed by atoms with E-state index >= 15 is 0 Å². The van der Waals surface area contributed by atoms with Crippen LogP contribution in [0.5, 0.6) is 5.75 Å². The average molecular weight is 311 g/mol. The number of para-hydroxylation sites is 1. The lowest BCUT2D eigenvalue weighted by molar-refractivity contribution is 0.215. The van der Waals surface area contributed by atoms with Gasteiger partial charge in [0.25, 0.3) is 0 Å². The summed E-state index contributed by atoms with van der Waals surface area (Å²) in [7, 11) is 0. The molecule has 1 N–H and O–H groups in total. The summed E-state index contributed by atoms with van der Waals surface area (Å²) in [5.41, 5.74) is 2.24. The van der Waals surface area contributed by atoms with Crippen molar-refractivity contribution in [3.05, 3.63) is 48.2 Å². The van der Waals surface area contributed by atoms with Gasteiger partial charge in [0.2, 0.25) is 0 Å². The lowest BCUT2D eigenvalue weighted by Crippen LogP contribution is -2.27. The van der Waals surface area contributed by atoms with Crippen LogP contribution in [0.3, 0.4) is 0 Å². The third-order valence-electron chi connectivity index (χ3n) is 4.13. The predicted octanol–water partition coefficient (Wildman–Crippen LogP) is 3.99. The second-order valence-corrected chi connectivity index (χ2v) is 5.87. The van der Waals surface area contributed by atoms with Crippen LogP contribution in [0, 0.1) is 6.92 Å². The molecule has 1 aromatic heterocycles. The quantitative estimate of drug-likeness (QED) is 0.931. The first-order valence-electron chi connectivity index (χ1n) is 7.90. The standard InChI is InChI=1S/C18H21N3O2/c1-13-11-17(19-12-16(13)21-10-6-7-14(21)2)20-18(22)23-15-8-4-3-5-9-15/h3-5,8-9,11-12,14H,6-7,10H2,1-2H3,(H,19,20,22)/t14-/m1/s1. The van der Waals surface area contributed by atoms with Crippen molar-refractivity contribution in [2.45, 2.75) is 32.7 Å². The molecule has 3 rings (SSSR count). The number of carbonyl (C=O) groups is 1. The SMILES string of the molecule is Cc1cc(NC(=O)Oc2ccccc2)ncc1N1CCC[C@H]1C. The van der Waals surface area contributed by atoms with E-state index in [9.17, 15) is 4.79 Å². The molecular formula is C18H21N3O2. The van der Waals surface area contributed by atoms with Gasteiger partial charge in [-0.3, -0.25) is 5.32 Å². The number of pyridine rings is 1. The number of hydrogen-bond donors (Lipinski definition) is 1. The normalized spacial score (nSPS) is 17.1. The maximum atomic E-state index is 11.9. The third kappa shape index (κ3) is 3.62. The molecule has 1 amide bonds. The van der Waals surface area contributed by atoms with Crippen LogP contribution < -0.4 is 15.0 Å². The van der Waals surface area contributed by atoms with Gasteiger partial charge in [0.15, 0.2) is 0 Å². The summed E-state index contributed by atoms with van der Waals surface area (Å²) in [6.07, 6.45) is 3.72. The molecule has 120 valence electrons. The van der Waals surface area contributed by atoms with Gasteiger partial charge in [-0.05, 0) is 50.5 Å². The van der Waals surface area contributed by atoms with E-state index in [-0.39, 0.29) is 0 Å². The Labute approximate surface area is 136 Å². The van der Waals surface area contributed by atoms with Gasteiger partial charge in [-0.15, -0.1) is 0 Å². The van der Waals surface area contributed by atoms with E-state index in [2.05, 4.69) is 22.1 Å². The van der Waals surface area contributed by atoms with Gasteiger partial charge in [0.1, 0.15) is 11.6 Å². The van der Waals surface area contributed by atoms with E-state index in [1.807, 2.05) is 37.4 Å². The Morgan fingerprint density at radius 2 is 2.13 bits per heavy atom. The fourth-order valence-electron chi connectivity index (χ4n) is 2.93. The van der Waals surface area contributed by atoms with E-state index in [0.717, 1.165) is 17.8 Å². The number of ether oxygens (including phenoxy) is 1. The van der Waals surface area contributed by atoms with Crippen LogP contribution in [-0.4, -0.2) is 23.7 Å². The summed E-state index contributed by atoms with van der Waals surface area (Å²) >= 11 is 0. The topological polar surface area (TPSA) is 54.5 Å². The number of carbonyl (C=O) groups excluding carboxylic acids is 1. The maximum absolute atomic E-state index is 11.9. The van der Waals surface area contributed by atoms with Crippen LogP contribution in [0.2, 0.25) is 0 Å². The summed E-state index contributed by atoms with van der Waals surface area (Å²) in [6, 6.07) is 11.4. The smallest absolute Gasteiger partial charge is 0.410 e. The van der Waals surface area contributed by atoms with Gasteiger partial charge >= 0.3 is 6.09 Å². The van der Waals surface area contributed by atoms with E-state index in [1.54, 1.807) is 12.1 Å². The minimum absolute atomic E-state index is 0.499. The van der Waals surface area contributed by atoms with E-state index in [4.69, 9.17) is 4.74 Å². The van der Waals surface area contributed by atoms with Crippen molar-refractivity contribution < 1.29 is 9.53 Å². The number of benzene rings is 1. The molecule has 1 saturated heterocycles. The van der Waals surface area contributed by atoms with Crippen LogP contribution in [-0.2, 0) is 0 Å².